The van der Waals surface area contributed by atoms with Crippen molar-refractivity contribution in [3.05, 3.63) is 51.5 Å². The van der Waals surface area contributed by atoms with Crippen LogP contribution in [0.4, 0.5) is 5.69 Å². The van der Waals surface area contributed by atoms with Crippen molar-refractivity contribution in [2.24, 2.45) is 0 Å². The highest BCUT2D eigenvalue weighted by Gasteiger charge is 2.33. The van der Waals surface area contributed by atoms with Crippen molar-refractivity contribution >= 4 is 57.5 Å². The van der Waals surface area contributed by atoms with Gasteiger partial charge in [-0.25, -0.2) is 8.42 Å². The fourth-order valence-corrected chi connectivity index (χ4v) is 7.67. The Morgan fingerprint density at radius 2 is 1.80 bits per heavy atom. The van der Waals surface area contributed by atoms with Crippen LogP contribution in [0.5, 0.6) is 11.5 Å². The Balaban J connectivity index is 2.21. The lowest BCUT2D eigenvalue weighted by atomic mass is 10.1. The summed E-state index contributed by atoms with van der Waals surface area (Å²) in [5.41, 5.74) is 0.688. The highest BCUT2D eigenvalue weighted by atomic mass is 79.9. The van der Waals surface area contributed by atoms with Crippen molar-refractivity contribution in [3.8, 4) is 11.5 Å². The first-order chi connectivity index (χ1) is 16.4. The molecule has 2 aromatic carbocycles. The molecule has 0 aliphatic carbocycles. The third-order valence-electron chi connectivity index (χ3n) is 5.75. The molecular formula is C23H32BrClN2O6SSi. The minimum Gasteiger partial charge on any atom is -0.506 e. The molecule has 0 bridgehead atoms. The number of halogens is 2. The fraction of sp³-hybridized carbons (Fsp3) is 0.435. The molecule has 8 nitrogen and oxygen atoms in total. The van der Waals surface area contributed by atoms with E-state index in [1.807, 2.05) is 0 Å². The second-order valence-corrected chi connectivity index (χ2v) is 16.0. The lowest BCUT2D eigenvalue weighted by Crippen LogP contribution is -2.41. The summed E-state index contributed by atoms with van der Waals surface area (Å²) in [7, 11) is -5.70. The van der Waals surface area contributed by atoms with E-state index in [9.17, 15) is 18.3 Å². The summed E-state index contributed by atoms with van der Waals surface area (Å²) in [6, 6.07) is 12.4. The van der Waals surface area contributed by atoms with E-state index in [2.05, 4.69) is 46.7 Å². The van der Waals surface area contributed by atoms with Gasteiger partial charge in [-0.1, -0.05) is 54.4 Å². The van der Waals surface area contributed by atoms with E-state index in [-0.39, 0.29) is 30.5 Å². The lowest BCUT2D eigenvalue weighted by Gasteiger charge is -2.34. The van der Waals surface area contributed by atoms with Gasteiger partial charge in [0.1, 0.15) is 11.5 Å². The molecule has 0 aliphatic rings. The van der Waals surface area contributed by atoms with Gasteiger partial charge in [0.25, 0.3) is 5.91 Å². The molecule has 35 heavy (non-hydrogen) atoms. The Kier molecular flexibility index (Phi) is 10.9. The Morgan fingerprint density at radius 1 is 1.14 bits per heavy atom. The molecule has 1 atom stereocenters. The summed E-state index contributed by atoms with van der Waals surface area (Å²) in [4.78, 5) is 12.5. The number of nitrogens with one attached hydrogen (secondary N) is 2. The molecule has 2 aromatic rings. The summed E-state index contributed by atoms with van der Waals surface area (Å²) in [5, 5.41) is 13.3. The lowest BCUT2D eigenvalue weighted by molar-refractivity contribution is -0.123. The first kappa shape index (κ1) is 29.4. The second kappa shape index (κ2) is 13.0. The van der Waals surface area contributed by atoms with Crippen LogP contribution >= 0.6 is 27.5 Å². The molecular weight excluding hydrogens is 576 g/mol. The van der Waals surface area contributed by atoms with Crippen LogP contribution in [0.3, 0.4) is 0 Å². The summed E-state index contributed by atoms with van der Waals surface area (Å²) >= 11 is 9.47. The van der Waals surface area contributed by atoms with Crippen LogP contribution in [-0.4, -0.2) is 47.2 Å². The zero-order valence-electron chi connectivity index (χ0n) is 20.2. The summed E-state index contributed by atoms with van der Waals surface area (Å²) in [6.07, 6.45) is 0.469. The van der Waals surface area contributed by atoms with Crippen LogP contribution in [0.2, 0.25) is 23.2 Å². The van der Waals surface area contributed by atoms with E-state index in [0.29, 0.717) is 16.3 Å². The summed E-state index contributed by atoms with van der Waals surface area (Å²) < 4.78 is 38.7. The number of ether oxygens (including phenoxy) is 1. The number of benzene rings is 2. The van der Waals surface area contributed by atoms with Crippen LogP contribution in [-0.2, 0) is 19.2 Å². The molecule has 0 aliphatic heterocycles. The number of amides is 1. The van der Waals surface area contributed by atoms with E-state index in [0.717, 1.165) is 28.9 Å². The summed E-state index contributed by atoms with van der Waals surface area (Å²) in [5.74, 6) is -0.170. The molecule has 0 fully saturated rings. The SMILES string of the molecule is CC[Si](CC)(CC)O[C@H](CNC(=O)COc1ccc(Br)cc1Cl)c1ccc(O)c(NS(C)(=O)=O)c1. The number of sulfonamides is 1. The number of phenolic OH excluding ortho intramolecular Hbond substituents is 1. The monoisotopic (exact) mass is 606 g/mol. The molecule has 0 saturated carbocycles. The smallest absolute Gasteiger partial charge is 0.258 e. The molecule has 0 heterocycles. The Morgan fingerprint density at radius 3 is 2.37 bits per heavy atom. The number of carbonyl (C=O) groups excluding carboxylic acids is 1. The number of hydrogen-bond donors (Lipinski definition) is 3. The summed E-state index contributed by atoms with van der Waals surface area (Å²) in [6.45, 7) is 6.20. The van der Waals surface area contributed by atoms with Crippen LogP contribution in [0, 0.1) is 0 Å². The Bertz CT molecular complexity index is 1120. The van der Waals surface area contributed by atoms with Gasteiger partial charge in [-0.3, -0.25) is 9.52 Å². The average Bonchev–Trinajstić information content (AvgIpc) is 2.80. The van der Waals surface area contributed by atoms with Gasteiger partial charge in [0.15, 0.2) is 14.9 Å². The van der Waals surface area contributed by atoms with Crippen molar-refractivity contribution in [2.75, 3.05) is 24.1 Å². The van der Waals surface area contributed by atoms with E-state index in [1.165, 1.54) is 12.1 Å². The van der Waals surface area contributed by atoms with Crippen LogP contribution in [0.25, 0.3) is 0 Å². The fourth-order valence-electron chi connectivity index (χ4n) is 3.56. The maximum atomic E-state index is 12.5. The molecule has 2 rings (SSSR count). The number of rotatable bonds is 13. The zero-order chi connectivity index (χ0) is 26.2. The average molecular weight is 608 g/mol. The van der Waals surface area contributed by atoms with Gasteiger partial charge in [-0.2, -0.15) is 0 Å². The van der Waals surface area contributed by atoms with E-state index in [1.54, 1.807) is 24.3 Å². The molecule has 0 radical (unpaired) electrons. The van der Waals surface area contributed by atoms with Crippen LogP contribution in [0.1, 0.15) is 32.4 Å². The second-order valence-electron chi connectivity index (χ2n) is 8.17. The number of carbonyl (C=O) groups is 1. The maximum Gasteiger partial charge on any atom is 0.258 e. The highest BCUT2D eigenvalue weighted by molar-refractivity contribution is 9.10. The van der Waals surface area contributed by atoms with Crippen LogP contribution in [0.15, 0.2) is 40.9 Å². The first-order valence-electron chi connectivity index (χ1n) is 11.2. The van der Waals surface area contributed by atoms with Crippen molar-refractivity contribution in [3.63, 3.8) is 0 Å². The van der Waals surface area contributed by atoms with Crippen LogP contribution < -0.4 is 14.8 Å². The predicted molar refractivity (Wildman–Crippen MR) is 145 cm³/mol. The molecule has 1 amide bonds. The van der Waals surface area contributed by atoms with E-state index < -0.39 is 24.4 Å². The number of hydrogen-bond acceptors (Lipinski definition) is 6. The molecule has 0 spiro atoms. The predicted octanol–water partition coefficient (Wildman–Crippen LogP) is 5.44. The highest BCUT2D eigenvalue weighted by Crippen LogP contribution is 2.33. The first-order valence-corrected chi connectivity index (χ1v) is 16.8. The van der Waals surface area contributed by atoms with Gasteiger partial charge >= 0.3 is 0 Å². The Hall–Kier alpha value is -1.79. The maximum absolute atomic E-state index is 12.5. The van der Waals surface area contributed by atoms with E-state index in [4.69, 9.17) is 20.8 Å². The molecule has 3 N–H and O–H groups in total. The molecule has 0 unspecified atom stereocenters. The number of anilines is 1. The molecule has 194 valence electrons. The Labute approximate surface area is 221 Å². The normalized spacial score (nSPS) is 12.7. The minimum atomic E-state index is -3.60. The largest absolute Gasteiger partial charge is 0.506 e. The van der Waals surface area contributed by atoms with Gasteiger partial charge in [-0.15, -0.1) is 0 Å². The topological polar surface area (TPSA) is 114 Å². The number of phenols is 1. The zero-order valence-corrected chi connectivity index (χ0v) is 24.4. The molecule has 12 heteroatoms. The molecule has 0 aromatic heterocycles. The number of aromatic hydroxyl groups is 1. The van der Waals surface area contributed by atoms with Gasteiger partial charge in [0.2, 0.25) is 10.0 Å². The van der Waals surface area contributed by atoms with Gasteiger partial charge in [-0.05, 0) is 54.0 Å². The van der Waals surface area contributed by atoms with Crippen molar-refractivity contribution in [2.45, 2.75) is 45.0 Å². The van der Waals surface area contributed by atoms with E-state index >= 15 is 0 Å². The third kappa shape index (κ3) is 8.98. The molecule has 0 saturated heterocycles. The van der Waals surface area contributed by atoms with Gasteiger partial charge in [0, 0.05) is 11.0 Å². The minimum absolute atomic E-state index is 0.0508. The van der Waals surface area contributed by atoms with Gasteiger partial charge < -0.3 is 19.6 Å². The standard InChI is InChI=1S/C23H32BrClN2O6SSi/c1-5-35(6-2,7-3)33-22(16-8-10-20(28)19(12-16)27-34(4,30)31)14-26-23(29)15-32-21-11-9-17(24)13-18(21)25/h8-13,22,27-28H,5-7,14-15H2,1-4H3,(H,26,29)/t22-/m1/s1. The quantitative estimate of drug-likeness (QED) is 0.206. The third-order valence-corrected chi connectivity index (χ3v) is 11.8. The van der Waals surface area contributed by atoms with Crippen molar-refractivity contribution in [1.82, 2.24) is 5.32 Å². The van der Waals surface area contributed by atoms with Gasteiger partial charge in [0.05, 0.1) is 23.1 Å². The van der Waals surface area contributed by atoms with Crippen molar-refractivity contribution < 1.29 is 27.5 Å². The van der Waals surface area contributed by atoms with Crippen molar-refractivity contribution in [1.29, 1.82) is 0 Å².